The monoisotopic (exact) mass is 346 g/mol. The van der Waals surface area contributed by atoms with Gasteiger partial charge in [0.1, 0.15) is 0 Å². The molecule has 3 aromatic carbocycles. The van der Waals surface area contributed by atoms with Crippen LogP contribution in [0.1, 0.15) is 11.1 Å². The molecule has 0 aliphatic carbocycles. The molecular formula is C23H22O3. The first-order valence-corrected chi connectivity index (χ1v) is 8.40. The van der Waals surface area contributed by atoms with Crippen molar-refractivity contribution >= 4 is 12.2 Å². The third-order valence-electron chi connectivity index (χ3n) is 4.21. The summed E-state index contributed by atoms with van der Waals surface area (Å²) in [6.45, 7) is 0. The van der Waals surface area contributed by atoms with Crippen LogP contribution in [-0.2, 0) is 0 Å². The van der Waals surface area contributed by atoms with Gasteiger partial charge < -0.3 is 14.2 Å². The fourth-order valence-corrected chi connectivity index (χ4v) is 2.95. The van der Waals surface area contributed by atoms with Crippen LogP contribution < -0.4 is 14.2 Å². The van der Waals surface area contributed by atoms with Crippen molar-refractivity contribution in [2.75, 3.05) is 21.3 Å². The van der Waals surface area contributed by atoms with E-state index in [1.807, 2.05) is 42.5 Å². The molecule has 0 aromatic heterocycles. The number of ether oxygens (including phenoxy) is 3. The summed E-state index contributed by atoms with van der Waals surface area (Å²) in [7, 11) is 4.88. The molecule has 0 bridgehead atoms. The zero-order valence-electron chi connectivity index (χ0n) is 15.2. The lowest BCUT2D eigenvalue weighted by Gasteiger charge is -2.17. The van der Waals surface area contributed by atoms with Crippen LogP contribution in [0.4, 0.5) is 0 Å². The lowest BCUT2D eigenvalue weighted by atomic mass is 9.97. The Kier molecular flexibility index (Phi) is 5.59. The summed E-state index contributed by atoms with van der Waals surface area (Å²) < 4.78 is 16.6. The van der Waals surface area contributed by atoms with Gasteiger partial charge in [0.05, 0.1) is 21.3 Å². The maximum Gasteiger partial charge on any atom is 0.203 e. The van der Waals surface area contributed by atoms with Crippen LogP contribution in [0.2, 0.25) is 0 Å². The molecule has 0 amide bonds. The van der Waals surface area contributed by atoms with Crippen LogP contribution in [0.5, 0.6) is 17.2 Å². The predicted octanol–water partition coefficient (Wildman–Crippen LogP) is 5.55. The van der Waals surface area contributed by atoms with Gasteiger partial charge in [0, 0.05) is 5.56 Å². The molecule has 0 heterocycles. The first-order chi connectivity index (χ1) is 12.8. The molecule has 26 heavy (non-hydrogen) atoms. The molecule has 0 aliphatic rings. The van der Waals surface area contributed by atoms with Crippen LogP contribution in [0.25, 0.3) is 23.3 Å². The molecule has 3 aromatic rings. The highest BCUT2D eigenvalue weighted by Gasteiger charge is 2.18. The largest absolute Gasteiger partial charge is 0.493 e. The van der Waals surface area contributed by atoms with Gasteiger partial charge >= 0.3 is 0 Å². The molecule has 0 saturated heterocycles. The second-order valence-electron chi connectivity index (χ2n) is 5.71. The molecule has 0 saturated carbocycles. The molecule has 0 radical (unpaired) electrons. The first-order valence-electron chi connectivity index (χ1n) is 8.40. The molecule has 0 N–H and O–H groups in total. The normalized spacial score (nSPS) is 10.7. The Morgan fingerprint density at radius 3 is 1.96 bits per heavy atom. The average molecular weight is 346 g/mol. The highest BCUT2D eigenvalue weighted by atomic mass is 16.5. The van der Waals surface area contributed by atoms with Gasteiger partial charge in [-0.1, -0.05) is 66.7 Å². The van der Waals surface area contributed by atoms with Gasteiger partial charge in [-0.25, -0.2) is 0 Å². The molecule has 0 fully saturated rings. The third-order valence-corrected chi connectivity index (χ3v) is 4.21. The summed E-state index contributed by atoms with van der Waals surface area (Å²) in [6.07, 6.45) is 4.22. The standard InChI is InChI=1S/C23H22O3/c1-24-21-16-15-20(22(25-2)23(21)26-3)19-12-8-7-11-18(19)14-13-17-9-5-4-6-10-17/h4-16H,1-3H3. The Labute approximate surface area is 154 Å². The Bertz CT molecular complexity index is 899. The average Bonchev–Trinajstić information content (AvgIpc) is 2.72. The first kappa shape index (κ1) is 17.6. The van der Waals surface area contributed by atoms with Gasteiger partial charge in [0.15, 0.2) is 11.5 Å². The second-order valence-corrected chi connectivity index (χ2v) is 5.71. The number of methoxy groups -OCH3 is 3. The zero-order chi connectivity index (χ0) is 18.4. The summed E-state index contributed by atoms with van der Waals surface area (Å²) in [5, 5.41) is 0. The predicted molar refractivity (Wildman–Crippen MR) is 107 cm³/mol. The van der Waals surface area contributed by atoms with Crippen molar-refractivity contribution in [2.24, 2.45) is 0 Å². The van der Waals surface area contributed by atoms with E-state index in [0.717, 1.165) is 22.3 Å². The molecule has 0 spiro atoms. The van der Waals surface area contributed by atoms with Crippen molar-refractivity contribution in [3.05, 3.63) is 77.9 Å². The lowest BCUT2D eigenvalue weighted by Crippen LogP contribution is -1.97. The Balaban J connectivity index is 2.10. The summed E-state index contributed by atoms with van der Waals surface area (Å²) in [5.74, 6) is 1.90. The SMILES string of the molecule is COc1ccc(-c2ccccc2C=Cc2ccccc2)c(OC)c1OC. The number of rotatable bonds is 6. The fraction of sp³-hybridized carbons (Fsp3) is 0.130. The molecule has 3 heteroatoms. The van der Waals surface area contributed by atoms with Gasteiger partial charge in [-0.15, -0.1) is 0 Å². The van der Waals surface area contributed by atoms with Crippen molar-refractivity contribution in [2.45, 2.75) is 0 Å². The Morgan fingerprint density at radius 1 is 0.577 bits per heavy atom. The Hall–Kier alpha value is -3.20. The van der Waals surface area contributed by atoms with Gasteiger partial charge in [0.2, 0.25) is 5.75 Å². The van der Waals surface area contributed by atoms with E-state index < -0.39 is 0 Å². The van der Waals surface area contributed by atoms with Crippen LogP contribution >= 0.6 is 0 Å². The number of hydrogen-bond acceptors (Lipinski definition) is 3. The van der Waals surface area contributed by atoms with E-state index in [0.29, 0.717) is 17.2 Å². The highest BCUT2D eigenvalue weighted by molar-refractivity contribution is 5.85. The molecule has 132 valence electrons. The minimum Gasteiger partial charge on any atom is -0.493 e. The van der Waals surface area contributed by atoms with E-state index >= 15 is 0 Å². The number of hydrogen-bond donors (Lipinski definition) is 0. The van der Waals surface area contributed by atoms with E-state index in [4.69, 9.17) is 14.2 Å². The van der Waals surface area contributed by atoms with E-state index in [1.54, 1.807) is 21.3 Å². The minimum absolute atomic E-state index is 0.592. The van der Waals surface area contributed by atoms with Crippen molar-refractivity contribution in [3.8, 4) is 28.4 Å². The summed E-state index contributed by atoms with van der Waals surface area (Å²) in [6, 6.07) is 22.3. The van der Waals surface area contributed by atoms with Crippen molar-refractivity contribution in [3.63, 3.8) is 0 Å². The van der Waals surface area contributed by atoms with Gasteiger partial charge in [0.25, 0.3) is 0 Å². The highest BCUT2D eigenvalue weighted by Crippen LogP contribution is 2.45. The van der Waals surface area contributed by atoms with Crippen LogP contribution in [0.15, 0.2) is 66.7 Å². The maximum atomic E-state index is 5.65. The van der Waals surface area contributed by atoms with Gasteiger partial charge in [-0.05, 0) is 28.8 Å². The Morgan fingerprint density at radius 2 is 1.27 bits per heavy atom. The molecule has 3 rings (SSSR count). The quantitative estimate of drug-likeness (QED) is 0.548. The van der Waals surface area contributed by atoms with Crippen LogP contribution in [0.3, 0.4) is 0 Å². The lowest BCUT2D eigenvalue weighted by molar-refractivity contribution is 0.325. The van der Waals surface area contributed by atoms with Crippen molar-refractivity contribution < 1.29 is 14.2 Å². The van der Waals surface area contributed by atoms with E-state index in [2.05, 4.69) is 36.4 Å². The van der Waals surface area contributed by atoms with Gasteiger partial charge in [-0.2, -0.15) is 0 Å². The second kappa shape index (κ2) is 8.26. The van der Waals surface area contributed by atoms with E-state index in [-0.39, 0.29) is 0 Å². The van der Waals surface area contributed by atoms with Crippen LogP contribution in [0, 0.1) is 0 Å². The molecular weight excluding hydrogens is 324 g/mol. The van der Waals surface area contributed by atoms with E-state index in [9.17, 15) is 0 Å². The molecule has 3 nitrogen and oxygen atoms in total. The zero-order valence-corrected chi connectivity index (χ0v) is 15.2. The summed E-state index contributed by atoms with van der Waals surface area (Å²) >= 11 is 0. The molecule has 0 atom stereocenters. The maximum absolute atomic E-state index is 5.65. The molecule has 0 unspecified atom stereocenters. The smallest absolute Gasteiger partial charge is 0.203 e. The fourth-order valence-electron chi connectivity index (χ4n) is 2.95. The van der Waals surface area contributed by atoms with Gasteiger partial charge in [-0.3, -0.25) is 0 Å². The summed E-state index contributed by atoms with van der Waals surface area (Å²) in [4.78, 5) is 0. The topological polar surface area (TPSA) is 27.7 Å². The van der Waals surface area contributed by atoms with Crippen LogP contribution in [-0.4, -0.2) is 21.3 Å². The minimum atomic E-state index is 0.592. The third kappa shape index (κ3) is 3.57. The summed E-state index contributed by atoms with van der Waals surface area (Å²) in [5.41, 5.74) is 4.28. The molecule has 0 aliphatic heterocycles. The van der Waals surface area contributed by atoms with Crippen molar-refractivity contribution in [1.29, 1.82) is 0 Å². The number of benzene rings is 3. The van der Waals surface area contributed by atoms with Crippen molar-refractivity contribution in [1.82, 2.24) is 0 Å². The van der Waals surface area contributed by atoms with E-state index in [1.165, 1.54) is 0 Å².